The smallest absolute Gasteiger partial charge is 0.0543 e. The van der Waals surface area contributed by atoms with Crippen molar-refractivity contribution in [3.63, 3.8) is 0 Å². The van der Waals surface area contributed by atoms with E-state index in [0.717, 1.165) is 28.4 Å². The second kappa shape index (κ2) is 15.8. The van der Waals surface area contributed by atoms with Crippen molar-refractivity contribution in [2.24, 2.45) is 0 Å². The highest BCUT2D eigenvalue weighted by Crippen LogP contribution is 2.55. The molecule has 0 saturated carbocycles. The molecule has 2 heteroatoms. The molecule has 0 radical (unpaired) electrons. The van der Waals surface area contributed by atoms with Crippen LogP contribution in [0.3, 0.4) is 0 Å². The van der Waals surface area contributed by atoms with Gasteiger partial charge in [0, 0.05) is 39.2 Å². The second-order valence-corrected chi connectivity index (χ2v) is 17.0. The molecule has 11 rings (SSSR count). The lowest BCUT2D eigenvalue weighted by molar-refractivity contribution is 0.661. The molecule has 0 amide bonds. The maximum Gasteiger partial charge on any atom is 0.0543 e. The van der Waals surface area contributed by atoms with Gasteiger partial charge in [-0.1, -0.05) is 184 Å². The molecule has 0 heterocycles. The minimum Gasteiger partial charge on any atom is -0.311 e. The topological polar surface area (TPSA) is 6.48 Å². The molecule has 1 aliphatic rings. The van der Waals surface area contributed by atoms with Crippen molar-refractivity contribution in [1.29, 1.82) is 0 Å². The average Bonchev–Trinajstić information content (AvgIpc) is 3.58. The molecule has 2 nitrogen and oxygen atoms in total. The number of fused-ring (bicyclic) bond motifs is 5. The van der Waals surface area contributed by atoms with Gasteiger partial charge in [0.1, 0.15) is 0 Å². The third kappa shape index (κ3) is 6.87. The first kappa shape index (κ1) is 38.0. The van der Waals surface area contributed by atoms with E-state index in [1.165, 1.54) is 72.1 Å². The van der Waals surface area contributed by atoms with E-state index >= 15 is 0 Å². The Morgan fingerprint density at radius 3 is 1.16 bits per heavy atom. The molecule has 0 aliphatic heterocycles. The van der Waals surface area contributed by atoms with Gasteiger partial charge in [0.15, 0.2) is 0 Å². The van der Waals surface area contributed by atoms with Crippen molar-refractivity contribution >= 4 is 44.9 Å². The summed E-state index contributed by atoms with van der Waals surface area (Å²) in [5, 5.41) is 2.50. The molecule has 0 atom stereocenters. The Morgan fingerprint density at radius 2 is 0.651 bits per heavy atom. The van der Waals surface area contributed by atoms with Crippen LogP contribution in [0.1, 0.15) is 25.0 Å². The van der Waals surface area contributed by atoms with Gasteiger partial charge in [0.05, 0.1) is 5.69 Å². The van der Waals surface area contributed by atoms with Crippen LogP contribution >= 0.6 is 0 Å². The molecule has 0 saturated heterocycles. The molecule has 10 aromatic rings. The molecule has 0 bridgehead atoms. The monoisotopic (exact) mass is 806 g/mol. The third-order valence-corrected chi connectivity index (χ3v) is 12.9. The largest absolute Gasteiger partial charge is 0.311 e. The Bertz CT molecular complexity index is 3190. The van der Waals surface area contributed by atoms with E-state index in [1.54, 1.807) is 0 Å². The minimum atomic E-state index is -0.241. The van der Waals surface area contributed by atoms with Gasteiger partial charge < -0.3 is 9.80 Å². The van der Waals surface area contributed by atoms with E-state index < -0.39 is 0 Å². The first-order chi connectivity index (χ1) is 31.0. The number of hydrogen-bond donors (Lipinski definition) is 0. The highest BCUT2D eigenvalue weighted by Gasteiger charge is 2.38. The number of hydrogen-bond acceptors (Lipinski definition) is 2. The van der Waals surface area contributed by atoms with Gasteiger partial charge in [0.25, 0.3) is 0 Å². The SMILES string of the molecule is CC1(C)c2cc(-c3ccc(N(c4ccccc4)c4ccc(-c5ccccc5)cc4)cc3)ccc2-c2c1cc(N(c1ccccc1)c1ccc(-c3ccccc3)cc1)c1ccccc21. The Hall–Kier alpha value is -7.94. The van der Waals surface area contributed by atoms with E-state index in [4.69, 9.17) is 0 Å². The summed E-state index contributed by atoms with van der Waals surface area (Å²) in [6.45, 7) is 4.79. The Kier molecular flexibility index (Phi) is 9.55. The summed E-state index contributed by atoms with van der Waals surface area (Å²) in [7, 11) is 0. The molecular formula is C61H46N2. The van der Waals surface area contributed by atoms with E-state index in [0.29, 0.717) is 0 Å². The predicted molar refractivity (Wildman–Crippen MR) is 267 cm³/mol. The molecular weight excluding hydrogens is 761 g/mol. The Labute approximate surface area is 370 Å². The molecule has 0 spiro atoms. The summed E-state index contributed by atoms with van der Waals surface area (Å²) in [6.07, 6.45) is 0. The summed E-state index contributed by atoms with van der Waals surface area (Å²) in [4.78, 5) is 4.76. The normalized spacial score (nSPS) is 12.4. The molecule has 1 aliphatic carbocycles. The molecule has 0 fully saturated rings. The van der Waals surface area contributed by atoms with E-state index in [-0.39, 0.29) is 5.41 Å². The van der Waals surface area contributed by atoms with Gasteiger partial charge in [-0.3, -0.25) is 0 Å². The van der Waals surface area contributed by atoms with Crippen molar-refractivity contribution in [1.82, 2.24) is 0 Å². The van der Waals surface area contributed by atoms with Crippen LogP contribution in [0.25, 0.3) is 55.3 Å². The fourth-order valence-electron chi connectivity index (χ4n) is 9.63. The van der Waals surface area contributed by atoms with Gasteiger partial charge >= 0.3 is 0 Å². The standard InChI is InChI=1S/C61H46N2/c1-61(2)57-41-48(47-31-36-52(37-32-47)62(49-21-11-5-12-22-49)51-34-27-45(28-35-51)43-17-7-3-8-18-43)33-40-56(57)60-55-26-16-15-25-54(55)59(42-58(60)61)63(50-23-13-6-14-24-50)53-38-29-46(30-39-53)44-19-9-4-10-20-44/h3-42H,1-2H3. The number of rotatable bonds is 9. The number of para-hydroxylation sites is 2. The Morgan fingerprint density at radius 1 is 0.286 bits per heavy atom. The van der Waals surface area contributed by atoms with Crippen LogP contribution in [0.5, 0.6) is 0 Å². The first-order valence-corrected chi connectivity index (χ1v) is 21.8. The molecule has 63 heavy (non-hydrogen) atoms. The zero-order valence-electron chi connectivity index (χ0n) is 35.5. The van der Waals surface area contributed by atoms with Crippen molar-refractivity contribution in [3.05, 3.63) is 254 Å². The van der Waals surface area contributed by atoms with Crippen molar-refractivity contribution < 1.29 is 0 Å². The lowest BCUT2D eigenvalue weighted by Crippen LogP contribution is -2.17. The average molecular weight is 807 g/mol. The van der Waals surface area contributed by atoms with Crippen molar-refractivity contribution in [2.75, 3.05) is 9.80 Å². The zero-order chi connectivity index (χ0) is 42.3. The second-order valence-electron chi connectivity index (χ2n) is 17.0. The van der Waals surface area contributed by atoms with Crippen LogP contribution in [0, 0.1) is 0 Å². The molecule has 10 aromatic carbocycles. The van der Waals surface area contributed by atoms with Gasteiger partial charge in [-0.25, -0.2) is 0 Å². The minimum absolute atomic E-state index is 0.241. The molecule has 0 aromatic heterocycles. The number of benzene rings is 10. The Balaban J connectivity index is 0.967. The van der Waals surface area contributed by atoms with E-state index in [9.17, 15) is 0 Å². The van der Waals surface area contributed by atoms with Crippen LogP contribution in [0.4, 0.5) is 34.1 Å². The lowest BCUT2D eigenvalue weighted by atomic mass is 9.81. The van der Waals surface area contributed by atoms with Gasteiger partial charge in [0.2, 0.25) is 0 Å². The van der Waals surface area contributed by atoms with E-state index in [2.05, 4.69) is 266 Å². The highest BCUT2D eigenvalue weighted by atomic mass is 15.1. The fourth-order valence-corrected chi connectivity index (χ4v) is 9.63. The summed E-state index contributed by atoms with van der Waals surface area (Å²) in [5.41, 5.74) is 19.1. The van der Waals surface area contributed by atoms with Gasteiger partial charge in [-0.05, 0) is 134 Å². The summed E-state index contributed by atoms with van der Waals surface area (Å²) in [6, 6.07) is 88.1. The predicted octanol–water partition coefficient (Wildman–Crippen LogP) is 17.1. The summed E-state index contributed by atoms with van der Waals surface area (Å²) in [5.74, 6) is 0. The van der Waals surface area contributed by atoms with Crippen LogP contribution in [-0.4, -0.2) is 0 Å². The van der Waals surface area contributed by atoms with Crippen LogP contribution in [-0.2, 0) is 5.41 Å². The summed E-state index contributed by atoms with van der Waals surface area (Å²) >= 11 is 0. The zero-order valence-corrected chi connectivity index (χ0v) is 35.5. The maximum atomic E-state index is 2.47. The quantitative estimate of drug-likeness (QED) is 0.143. The van der Waals surface area contributed by atoms with Gasteiger partial charge in [-0.15, -0.1) is 0 Å². The number of anilines is 6. The van der Waals surface area contributed by atoms with Crippen LogP contribution in [0.2, 0.25) is 0 Å². The highest BCUT2D eigenvalue weighted by molar-refractivity contribution is 6.10. The van der Waals surface area contributed by atoms with Gasteiger partial charge in [-0.2, -0.15) is 0 Å². The number of nitrogens with zero attached hydrogens (tertiary/aromatic N) is 2. The van der Waals surface area contributed by atoms with Crippen LogP contribution in [0.15, 0.2) is 243 Å². The first-order valence-electron chi connectivity index (χ1n) is 21.8. The molecule has 300 valence electrons. The maximum absolute atomic E-state index is 2.47. The summed E-state index contributed by atoms with van der Waals surface area (Å²) < 4.78 is 0. The van der Waals surface area contributed by atoms with Crippen molar-refractivity contribution in [3.8, 4) is 44.5 Å². The third-order valence-electron chi connectivity index (χ3n) is 12.9. The van der Waals surface area contributed by atoms with Crippen LogP contribution < -0.4 is 9.80 Å². The fraction of sp³-hybridized carbons (Fsp3) is 0.0492. The molecule has 0 unspecified atom stereocenters. The van der Waals surface area contributed by atoms with E-state index in [1.807, 2.05) is 0 Å². The molecule has 0 N–H and O–H groups in total. The lowest BCUT2D eigenvalue weighted by Gasteiger charge is -2.30. The van der Waals surface area contributed by atoms with Crippen molar-refractivity contribution in [2.45, 2.75) is 19.3 Å².